The second-order valence-electron chi connectivity index (χ2n) is 6.29. The highest BCUT2D eigenvalue weighted by Gasteiger charge is 2.28. The molecule has 0 fully saturated rings. The first-order chi connectivity index (χ1) is 13.0. The fraction of sp³-hybridized carbons (Fsp3) is 0.300. The van der Waals surface area contributed by atoms with Crippen LogP contribution in [0.2, 0.25) is 0 Å². The van der Waals surface area contributed by atoms with Gasteiger partial charge in [0.1, 0.15) is 17.5 Å². The Labute approximate surface area is 158 Å². The first-order valence-corrected chi connectivity index (χ1v) is 8.71. The van der Waals surface area contributed by atoms with Gasteiger partial charge in [0, 0.05) is 36.1 Å². The van der Waals surface area contributed by atoms with Crippen molar-refractivity contribution in [1.82, 2.24) is 5.32 Å². The number of urea groups is 1. The van der Waals surface area contributed by atoms with E-state index in [-0.39, 0.29) is 5.91 Å². The molecule has 3 amide bonds. The van der Waals surface area contributed by atoms with Gasteiger partial charge in [-0.1, -0.05) is 18.2 Å². The van der Waals surface area contributed by atoms with Crippen LogP contribution in [-0.2, 0) is 11.2 Å². The molecule has 0 saturated carbocycles. The van der Waals surface area contributed by atoms with E-state index in [1.54, 1.807) is 30.0 Å². The van der Waals surface area contributed by atoms with Crippen molar-refractivity contribution in [2.24, 2.45) is 0 Å². The van der Waals surface area contributed by atoms with Crippen molar-refractivity contribution in [3.05, 3.63) is 48.0 Å². The summed E-state index contributed by atoms with van der Waals surface area (Å²) in [6.07, 6.45) is 0.824. The average molecular weight is 369 g/mol. The number of carbonyl (C=O) groups is 2. The number of amides is 3. The fourth-order valence-corrected chi connectivity index (χ4v) is 3.11. The molecule has 0 unspecified atom stereocenters. The van der Waals surface area contributed by atoms with Crippen molar-refractivity contribution < 1.29 is 19.1 Å². The lowest BCUT2D eigenvalue weighted by Gasteiger charge is -2.22. The van der Waals surface area contributed by atoms with Gasteiger partial charge in [0.15, 0.2) is 0 Å². The summed E-state index contributed by atoms with van der Waals surface area (Å²) in [4.78, 5) is 26.8. The Balaban J connectivity index is 1.63. The molecule has 0 saturated heterocycles. The van der Waals surface area contributed by atoms with E-state index in [4.69, 9.17) is 9.47 Å². The third-order valence-corrected chi connectivity index (χ3v) is 4.48. The lowest BCUT2D eigenvalue weighted by atomic mass is 10.2. The van der Waals surface area contributed by atoms with Crippen molar-refractivity contribution in [2.45, 2.75) is 19.4 Å². The van der Waals surface area contributed by atoms with E-state index >= 15 is 0 Å². The number of para-hydroxylation sites is 1. The number of ether oxygens (including phenoxy) is 2. The Morgan fingerprint density at radius 1 is 1.07 bits per heavy atom. The second-order valence-corrected chi connectivity index (χ2v) is 6.29. The van der Waals surface area contributed by atoms with E-state index in [9.17, 15) is 9.59 Å². The normalized spacial score (nSPS) is 13.5. The number of methoxy groups -OCH3 is 2. The van der Waals surface area contributed by atoms with Gasteiger partial charge in [0.25, 0.3) is 0 Å². The van der Waals surface area contributed by atoms with E-state index in [1.807, 2.05) is 24.3 Å². The van der Waals surface area contributed by atoms with E-state index in [1.165, 1.54) is 14.2 Å². The monoisotopic (exact) mass is 369 g/mol. The average Bonchev–Trinajstić information content (AvgIpc) is 3.10. The zero-order valence-corrected chi connectivity index (χ0v) is 15.6. The largest absolute Gasteiger partial charge is 0.497 e. The topological polar surface area (TPSA) is 79.9 Å². The third kappa shape index (κ3) is 4.13. The molecule has 0 aliphatic carbocycles. The van der Waals surface area contributed by atoms with E-state index in [0.29, 0.717) is 23.7 Å². The summed E-state index contributed by atoms with van der Waals surface area (Å²) in [5.41, 5.74) is 2.56. The summed E-state index contributed by atoms with van der Waals surface area (Å²) in [6, 6.07) is 11.7. The van der Waals surface area contributed by atoms with Crippen LogP contribution < -0.4 is 25.0 Å². The maximum absolute atomic E-state index is 12.7. The summed E-state index contributed by atoms with van der Waals surface area (Å²) < 4.78 is 10.4. The molecule has 2 aromatic rings. The van der Waals surface area contributed by atoms with Crippen LogP contribution in [0.4, 0.5) is 16.2 Å². The molecule has 2 N–H and O–H groups in total. The molecule has 2 aromatic carbocycles. The molecule has 7 heteroatoms. The van der Waals surface area contributed by atoms with Gasteiger partial charge in [0.2, 0.25) is 5.91 Å². The molecule has 3 rings (SSSR count). The van der Waals surface area contributed by atoms with Gasteiger partial charge < -0.3 is 25.0 Å². The molecule has 0 aromatic heterocycles. The molecular formula is C20H23N3O4. The molecule has 1 heterocycles. The number of fused-ring (bicyclic) bond motifs is 1. The van der Waals surface area contributed by atoms with Crippen LogP contribution >= 0.6 is 0 Å². The Morgan fingerprint density at radius 3 is 2.41 bits per heavy atom. The van der Waals surface area contributed by atoms with Crippen molar-refractivity contribution in [2.75, 3.05) is 31.0 Å². The number of anilines is 2. The van der Waals surface area contributed by atoms with Crippen LogP contribution in [0.15, 0.2) is 42.5 Å². The van der Waals surface area contributed by atoms with Crippen LogP contribution in [0.3, 0.4) is 0 Å². The highest BCUT2D eigenvalue weighted by molar-refractivity contribution is 6.01. The smallest absolute Gasteiger partial charge is 0.319 e. The zero-order valence-electron chi connectivity index (χ0n) is 15.6. The SMILES string of the molecule is COc1cc(NC(=O)N[C@@H](C)C(=O)N2CCc3ccccc32)cc(OC)c1. The molecule has 27 heavy (non-hydrogen) atoms. The quantitative estimate of drug-likeness (QED) is 0.849. The molecule has 0 bridgehead atoms. The van der Waals surface area contributed by atoms with Crippen molar-refractivity contribution in [1.29, 1.82) is 0 Å². The maximum Gasteiger partial charge on any atom is 0.319 e. The number of carbonyl (C=O) groups excluding carboxylic acids is 2. The fourth-order valence-electron chi connectivity index (χ4n) is 3.11. The van der Waals surface area contributed by atoms with Crippen LogP contribution in [0, 0.1) is 0 Å². The number of hydrogen-bond acceptors (Lipinski definition) is 4. The minimum Gasteiger partial charge on any atom is -0.497 e. The highest BCUT2D eigenvalue weighted by atomic mass is 16.5. The lowest BCUT2D eigenvalue weighted by Crippen LogP contribution is -2.47. The minimum absolute atomic E-state index is 0.140. The second kappa shape index (κ2) is 7.99. The Hall–Kier alpha value is -3.22. The Morgan fingerprint density at radius 2 is 1.74 bits per heavy atom. The lowest BCUT2D eigenvalue weighted by molar-refractivity contribution is -0.119. The van der Waals surface area contributed by atoms with Gasteiger partial charge in [0.05, 0.1) is 14.2 Å². The zero-order chi connectivity index (χ0) is 19.4. The van der Waals surface area contributed by atoms with E-state index < -0.39 is 12.1 Å². The van der Waals surface area contributed by atoms with Gasteiger partial charge >= 0.3 is 6.03 Å². The van der Waals surface area contributed by atoms with Gasteiger partial charge in [-0.2, -0.15) is 0 Å². The standard InChI is InChI=1S/C20H23N3O4/c1-13(19(24)23-9-8-14-6-4-5-7-18(14)23)21-20(25)22-15-10-16(26-2)12-17(11-15)27-3/h4-7,10-13H,8-9H2,1-3H3,(H2,21,22,25)/t13-/m0/s1. The molecule has 0 spiro atoms. The highest BCUT2D eigenvalue weighted by Crippen LogP contribution is 2.28. The van der Waals surface area contributed by atoms with Gasteiger partial charge in [-0.25, -0.2) is 4.79 Å². The molecule has 1 atom stereocenters. The number of hydrogen-bond donors (Lipinski definition) is 2. The molecule has 0 radical (unpaired) electrons. The Kier molecular flexibility index (Phi) is 5.49. The van der Waals surface area contributed by atoms with Crippen molar-refractivity contribution in [3.63, 3.8) is 0 Å². The van der Waals surface area contributed by atoms with Gasteiger partial charge in [-0.3, -0.25) is 4.79 Å². The molecular weight excluding hydrogens is 346 g/mol. The molecule has 142 valence electrons. The number of benzene rings is 2. The Bertz CT molecular complexity index is 831. The van der Waals surface area contributed by atoms with E-state index in [0.717, 1.165) is 17.7 Å². The summed E-state index contributed by atoms with van der Waals surface area (Å²) in [5.74, 6) is 0.975. The molecule has 1 aliphatic rings. The van der Waals surface area contributed by atoms with Crippen LogP contribution in [-0.4, -0.2) is 38.7 Å². The van der Waals surface area contributed by atoms with Gasteiger partial charge in [-0.05, 0) is 25.0 Å². The van der Waals surface area contributed by atoms with E-state index in [2.05, 4.69) is 10.6 Å². The molecule has 1 aliphatic heterocycles. The first kappa shape index (κ1) is 18.6. The summed E-state index contributed by atoms with van der Waals surface area (Å²) >= 11 is 0. The van der Waals surface area contributed by atoms with Crippen LogP contribution in [0.1, 0.15) is 12.5 Å². The number of nitrogens with zero attached hydrogens (tertiary/aromatic N) is 1. The van der Waals surface area contributed by atoms with Crippen molar-refractivity contribution >= 4 is 23.3 Å². The van der Waals surface area contributed by atoms with Crippen LogP contribution in [0.5, 0.6) is 11.5 Å². The predicted octanol–water partition coefficient (Wildman–Crippen LogP) is 2.80. The molecule has 7 nitrogen and oxygen atoms in total. The number of nitrogens with one attached hydrogen (secondary N) is 2. The minimum atomic E-state index is -0.663. The first-order valence-electron chi connectivity index (χ1n) is 8.71. The maximum atomic E-state index is 12.7. The summed E-state index contributed by atoms with van der Waals surface area (Å²) in [5, 5.41) is 5.39. The third-order valence-electron chi connectivity index (χ3n) is 4.48. The number of rotatable bonds is 5. The summed E-state index contributed by atoms with van der Waals surface area (Å²) in [6.45, 7) is 2.30. The predicted molar refractivity (Wildman–Crippen MR) is 104 cm³/mol. The van der Waals surface area contributed by atoms with Crippen LogP contribution in [0.25, 0.3) is 0 Å². The summed E-state index contributed by atoms with van der Waals surface area (Å²) in [7, 11) is 3.07. The van der Waals surface area contributed by atoms with Gasteiger partial charge in [-0.15, -0.1) is 0 Å². The van der Waals surface area contributed by atoms with Crippen molar-refractivity contribution in [3.8, 4) is 11.5 Å².